The van der Waals surface area contributed by atoms with Crippen LogP contribution in [0.2, 0.25) is 10.0 Å². The molecule has 0 saturated heterocycles. The highest BCUT2D eigenvalue weighted by Crippen LogP contribution is 2.26. The summed E-state index contributed by atoms with van der Waals surface area (Å²) in [4.78, 5) is 4.41. The molecular formula is C16H21Cl2N3. The van der Waals surface area contributed by atoms with Crippen molar-refractivity contribution in [1.29, 1.82) is 0 Å². The molecule has 0 aliphatic heterocycles. The summed E-state index contributed by atoms with van der Waals surface area (Å²) in [5.41, 5.74) is 1.00. The Kier molecular flexibility index (Phi) is 6.09. The van der Waals surface area contributed by atoms with Crippen LogP contribution in [0, 0.1) is 0 Å². The Hall–Kier alpha value is -1.03. The molecule has 3 nitrogen and oxygen atoms in total. The summed E-state index contributed by atoms with van der Waals surface area (Å²) in [6.45, 7) is 3.13. The minimum Gasteiger partial charge on any atom is -0.338 e. The van der Waals surface area contributed by atoms with Gasteiger partial charge in [-0.05, 0) is 37.1 Å². The Morgan fingerprint density at radius 2 is 1.95 bits per heavy atom. The van der Waals surface area contributed by atoms with Gasteiger partial charge in [0, 0.05) is 41.9 Å². The number of hydrogen-bond donors (Lipinski definition) is 1. The third-order valence-electron chi connectivity index (χ3n) is 3.55. The highest BCUT2D eigenvalue weighted by Gasteiger charge is 2.16. The van der Waals surface area contributed by atoms with Gasteiger partial charge in [-0.3, -0.25) is 0 Å². The molecule has 0 saturated carbocycles. The molecule has 2 rings (SSSR count). The lowest BCUT2D eigenvalue weighted by Gasteiger charge is -2.20. The molecule has 114 valence electrons. The van der Waals surface area contributed by atoms with Gasteiger partial charge in [-0.25, -0.2) is 4.98 Å². The standard InChI is InChI=1S/C16H21Cl2N3/c1-3-7-19-12(11-16-20-8-9-21(16)2)10-13-14(17)5-4-6-15(13)18/h4-6,8-9,12,19H,3,7,10-11H2,1-2H3. The van der Waals surface area contributed by atoms with Crippen molar-refractivity contribution in [1.82, 2.24) is 14.9 Å². The van der Waals surface area contributed by atoms with Crippen molar-refractivity contribution >= 4 is 23.2 Å². The van der Waals surface area contributed by atoms with E-state index in [2.05, 4.69) is 21.8 Å². The van der Waals surface area contributed by atoms with E-state index in [9.17, 15) is 0 Å². The number of halogens is 2. The van der Waals surface area contributed by atoms with E-state index in [1.807, 2.05) is 37.6 Å². The van der Waals surface area contributed by atoms with Crippen molar-refractivity contribution in [2.75, 3.05) is 6.54 Å². The lowest BCUT2D eigenvalue weighted by molar-refractivity contribution is 0.490. The molecule has 1 unspecified atom stereocenters. The molecule has 5 heteroatoms. The minimum atomic E-state index is 0.267. The molecule has 0 spiro atoms. The zero-order chi connectivity index (χ0) is 15.2. The molecule has 1 N–H and O–H groups in total. The average molecular weight is 326 g/mol. The maximum Gasteiger partial charge on any atom is 0.109 e. The Morgan fingerprint density at radius 3 is 2.52 bits per heavy atom. The van der Waals surface area contributed by atoms with E-state index in [-0.39, 0.29) is 6.04 Å². The third kappa shape index (κ3) is 4.47. The van der Waals surface area contributed by atoms with Crippen molar-refractivity contribution in [3.05, 3.63) is 52.0 Å². The fourth-order valence-electron chi connectivity index (χ4n) is 2.35. The average Bonchev–Trinajstić information content (AvgIpc) is 2.85. The Labute approximate surface area is 136 Å². The molecule has 0 aliphatic rings. The highest BCUT2D eigenvalue weighted by atomic mass is 35.5. The van der Waals surface area contributed by atoms with Crippen molar-refractivity contribution in [2.24, 2.45) is 7.05 Å². The lowest BCUT2D eigenvalue weighted by Crippen LogP contribution is -2.34. The van der Waals surface area contributed by atoms with E-state index in [1.165, 1.54) is 0 Å². The first-order valence-corrected chi connectivity index (χ1v) is 8.00. The second-order valence-corrected chi connectivity index (χ2v) is 6.03. The van der Waals surface area contributed by atoms with Crippen LogP contribution in [0.3, 0.4) is 0 Å². The fraction of sp³-hybridized carbons (Fsp3) is 0.438. The zero-order valence-electron chi connectivity index (χ0n) is 12.4. The number of hydrogen-bond acceptors (Lipinski definition) is 2. The number of nitrogens with zero attached hydrogens (tertiary/aromatic N) is 2. The monoisotopic (exact) mass is 325 g/mol. The molecule has 1 atom stereocenters. The molecule has 2 aromatic rings. The quantitative estimate of drug-likeness (QED) is 0.837. The van der Waals surface area contributed by atoms with Crippen LogP contribution >= 0.6 is 23.2 Å². The minimum absolute atomic E-state index is 0.267. The van der Waals surface area contributed by atoms with Crippen LogP contribution in [0.15, 0.2) is 30.6 Å². The molecule has 21 heavy (non-hydrogen) atoms. The van der Waals surface area contributed by atoms with Crippen LogP contribution in [0.1, 0.15) is 24.7 Å². The van der Waals surface area contributed by atoms with Gasteiger partial charge >= 0.3 is 0 Å². The van der Waals surface area contributed by atoms with E-state index in [1.54, 1.807) is 0 Å². The number of rotatable bonds is 7. The van der Waals surface area contributed by atoms with Crippen LogP contribution in [-0.2, 0) is 19.9 Å². The summed E-state index contributed by atoms with van der Waals surface area (Å²) in [5, 5.41) is 5.02. The SMILES string of the molecule is CCCNC(Cc1c(Cl)cccc1Cl)Cc1nccn1C. The number of benzene rings is 1. The van der Waals surface area contributed by atoms with Crippen LogP contribution < -0.4 is 5.32 Å². The molecule has 1 aromatic heterocycles. The number of aromatic nitrogens is 2. The summed E-state index contributed by atoms with van der Waals surface area (Å²) >= 11 is 12.6. The predicted octanol–water partition coefficient (Wildman–Crippen LogP) is 3.88. The molecule has 0 amide bonds. The van der Waals surface area contributed by atoms with Crippen molar-refractivity contribution in [3.63, 3.8) is 0 Å². The van der Waals surface area contributed by atoms with Gasteiger partial charge in [0.05, 0.1) is 0 Å². The molecule has 1 heterocycles. The summed E-state index contributed by atoms with van der Waals surface area (Å²) in [6.07, 6.45) is 6.53. The first kappa shape index (κ1) is 16.3. The molecule has 0 radical (unpaired) electrons. The normalized spacial score (nSPS) is 12.6. The largest absolute Gasteiger partial charge is 0.338 e. The second-order valence-electron chi connectivity index (χ2n) is 5.21. The maximum atomic E-state index is 6.29. The topological polar surface area (TPSA) is 29.9 Å². The zero-order valence-corrected chi connectivity index (χ0v) is 14.0. The van der Waals surface area contributed by atoms with Crippen LogP contribution in [0.4, 0.5) is 0 Å². The van der Waals surface area contributed by atoms with E-state index >= 15 is 0 Å². The molecular weight excluding hydrogens is 305 g/mol. The van der Waals surface area contributed by atoms with E-state index in [0.29, 0.717) is 0 Å². The Morgan fingerprint density at radius 1 is 1.24 bits per heavy atom. The Balaban J connectivity index is 2.14. The van der Waals surface area contributed by atoms with Gasteiger partial charge in [-0.2, -0.15) is 0 Å². The summed E-state index contributed by atoms with van der Waals surface area (Å²) in [5.74, 6) is 1.06. The lowest BCUT2D eigenvalue weighted by atomic mass is 10.0. The smallest absolute Gasteiger partial charge is 0.109 e. The number of imidazole rings is 1. The summed E-state index contributed by atoms with van der Waals surface area (Å²) in [6, 6.07) is 5.92. The van der Waals surface area contributed by atoms with E-state index in [4.69, 9.17) is 23.2 Å². The summed E-state index contributed by atoms with van der Waals surface area (Å²) < 4.78 is 2.05. The third-order valence-corrected chi connectivity index (χ3v) is 4.25. The van der Waals surface area contributed by atoms with Gasteiger partial charge in [0.25, 0.3) is 0 Å². The van der Waals surface area contributed by atoms with Crippen LogP contribution in [-0.4, -0.2) is 22.1 Å². The van der Waals surface area contributed by atoms with E-state index < -0.39 is 0 Å². The molecule has 1 aromatic carbocycles. The van der Waals surface area contributed by atoms with Gasteiger partial charge in [-0.15, -0.1) is 0 Å². The number of nitrogens with one attached hydrogen (secondary N) is 1. The van der Waals surface area contributed by atoms with Crippen molar-refractivity contribution in [3.8, 4) is 0 Å². The summed E-state index contributed by atoms with van der Waals surface area (Å²) in [7, 11) is 2.02. The van der Waals surface area contributed by atoms with Crippen molar-refractivity contribution in [2.45, 2.75) is 32.2 Å². The highest BCUT2D eigenvalue weighted by molar-refractivity contribution is 6.36. The molecule has 0 fully saturated rings. The number of aryl methyl sites for hydroxylation is 1. The molecule has 0 aliphatic carbocycles. The van der Waals surface area contributed by atoms with E-state index in [0.717, 1.165) is 47.2 Å². The Bertz CT molecular complexity index is 560. The van der Waals surface area contributed by atoms with Crippen LogP contribution in [0.5, 0.6) is 0 Å². The maximum absolute atomic E-state index is 6.29. The molecule has 0 bridgehead atoms. The van der Waals surface area contributed by atoms with Gasteiger partial charge in [0.2, 0.25) is 0 Å². The van der Waals surface area contributed by atoms with Crippen LogP contribution in [0.25, 0.3) is 0 Å². The fourth-order valence-corrected chi connectivity index (χ4v) is 2.90. The van der Waals surface area contributed by atoms with Gasteiger partial charge in [0.1, 0.15) is 5.82 Å². The second kappa shape index (κ2) is 7.83. The first-order chi connectivity index (χ1) is 10.1. The first-order valence-electron chi connectivity index (χ1n) is 7.24. The van der Waals surface area contributed by atoms with Gasteiger partial charge in [0.15, 0.2) is 0 Å². The van der Waals surface area contributed by atoms with Gasteiger partial charge in [-0.1, -0.05) is 36.2 Å². The predicted molar refractivity (Wildman–Crippen MR) is 89.2 cm³/mol. The van der Waals surface area contributed by atoms with Crippen molar-refractivity contribution < 1.29 is 0 Å². The van der Waals surface area contributed by atoms with Gasteiger partial charge < -0.3 is 9.88 Å².